The van der Waals surface area contributed by atoms with E-state index in [4.69, 9.17) is 11.6 Å². The number of rotatable bonds is 2. The highest BCUT2D eigenvalue weighted by atomic mass is 35.5. The molecule has 2 rings (SSSR count). The van der Waals surface area contributed by atoms with E-state index in [9.17, 15) is 4.79 Å². The third kappa shape index (κ3) is 2.63. The molecule has 1 saturated heterocycles. The number of halogens is 1. The first-order chi connectivity index (χ1) is 8.11. The zero-order valence-electron chi connectivity index (χ0n) is 10.3. The molecule has 0 spiro atoms. The van der Waals surface area contributed by atoms with Crippen molar-refractivity contribution in [3.05, 3.63) is 28.8 Å². The Kier molecular flexibility index (Phi) is 3.72. The van der Waals surface area contributed by atoms with Gasteiger partial charge >= 0.3 is 0 Å². The normalized spacial score (nSPS) is 24.8. The van der Waals surface area contributed by atoms with Crippen molar-refractivity contribution < 1.29 is 4.79 Å². The summed E-state index contributed by atoms with van der Waals surface area (Å²) in [6, 6.07) is 5.95. The van der Waals surface area contributed by atoms with Crippen LogP contribution in [0.2, 0.25) is 5.02 Å². The summed E-state index contributed by atoms with van der Waals surface area (Å²) in [5.41, 5.74) is 1.71. The molecule has 17 heavy (non-hydrogen) atoms. The van der Waals surface area contributed by atoms with Crippen LogP contribution in [0.15, 0.2) is 18.2 Å². The molecule has 1 fully saturated rings. The minimum atomic E-state index is 0.475. The number of carbonyl (C=O) groups is 1. The molecule has 0 aliphatic carbocycles. The van der Waals surface area contributed by atoms with Crippen LogP contribution < -0.4 is 4.90 Å². The fourth-order valence-electron chi connectivity index (χ4n) is 2.49. The Morgan fingerprint density at radius 2 is 2.12 bits per heavy atom. The van der Waals surface area contributed by atoms with Crippen molar-refractivity contribution in [3.8, 4) is 0 Å². The van der Waals surface area contributed by atoms with E-state index >= 15 is 0 Å². The van der Waals surface area contributed by atoms with Gasteiger partial charge in [-0.3, -0.25) is 4.79 Å². The minimum Gasteiger partial charge on any atom is -0.368 e. The second-order valence-corrected chi connectivity index (χ2v) is 5.44. The molecule has 0 radical (unpaired) electrons. The predicted octanol–water partition coefficient (Wildman–Crippen LogP) is 3.78. The molecule has 3 heteroatoms. The summed E-state index contributed by atoms with van der Waals surface area (Å²) in [5.74, 6) is 0.671. The van der Waals surface area contributed by atoms with Crippen molar-refractivity contribution in [3.63, 3.8) is 0 Å². The highest BCUT2D eigenvalue weighted by molar-refractivity contribution is 6.31. The van der Waals surface area contributed by atoms with Gasteiger partial charge < -0.3 is 4.90 Å². The first-order valence-electron chi connectivity index (χ1n) is 6.13. The lowest BCUT2D eigenvalue weighted by atomic mass is 9.94. The largest absolute Gasteiger partial charge is 0.368 e. The molecule has 1 aromatic rings. The van der Waals surface area contributed by atoms with E-state index in [1.54, 1.807) is 12.1 Å². The Morgan fingerprint density at radius 1 is 1.35 bits per heavy atom. The molecular formula is C14H18ClNO. The number of carbonyl (C=O) groups excluding carboxylic acids is 1. The number of nitrogens with zero attached hydrogens (tertiary/aromatic N) is 1. The number of anilines is 1. The summed E-state index contributed by atoms with van der Waals surface area (Å²) >= 11 is 6.03. The van der Waals surface area contributed by atoms with Gasteiger partial charge in [-0.1, -0.05) is 18.5 Å². The number of aldehydes is 1. The summed E-state index contributed by atoms with van der Waals surface area (Å²) in [4.78, 5) is 13.4. The van der Waals surface area contributed by atoms with Crippen LogP contribution in [0.5, 0.6) is 0 Å². The molecule has 1 aliphatic rings. The summed E-state index contributed by atoms with van der Waals surface area (Å²) < 4.78 is 0. The Morgan fingerprint density at radius 3 is 2.82 bits per heavy atom. The van der Waals surface area contributed by atoms with Gasteiger partial charge in [-0.25, -0.2) is 0 Å². The van der Waals surface area contributed by atoms with Crippen LogP contribution in [0.3, 0.4) is 0 Å². The maximum atomic E-state index is 11.1. The number of hydrogen-bond acceptors (Lipinski definition) is 2. The van der Waals surface area contributed by atoms with E-state index in [0.717, 1.165) is 24.1 Å². The van der Waals surface area contributed by atoms with Gasteiger partial charge in [0.15, 0.2) is 6.29 Å². The lowest BCUT2D eigenvalue weighted by Gasteiger charge is -2.39. The van der Waals surface area contributed by atoms with Crippen molar-refractivity contribution in [2.45, 2.75) is 32.7 Å². The molecule has 1 aliphatic heterocycles. The lowest BCUT2D eigenvalue weighted by Crippen LogP contribution is -2.41. The highest BCUT2D eigenvalue weighted by Gasteiger charge is 2.24. The third-order valence-electron chi connectivity index (χ3n) is 3.55. The first kappa shape index (κ1) is 12.4. The van der Waals surface area contributed by atoms with E-state index in [1.165, 1.54) is 12.8 Å². The SMILES string of the molecule is CC1CCC(C)N(c2cc(Cl)ccc2C=O)C1. The van der Waals surface area contributed by atoms with Gasteiger partial charge in [0.05, 0.1) is 0 Å². The maximum absolute atomic E-state index is 11.1. The average molecular weight is 252 g/mol. The highest BCUT2D eigenvalue weighted by Crippen LogP contribution is 2.31. The van der Waals surface area contributed by atoms with Gasteiger partial charge in [0.1, 0.15) is 0 Å². The van der Waals surface area contributed by atoms with Crippen molar-refractivity contribution in [1.82, 2.24) is 0 Å². The summed E-state index contributed by atoms with van der Waals surface area (Å²) in [6.07, 6.45) is 3.35. The second-order valence-electron chi connectivity index (χ2n) is 5.00. The van der Waals surface area contributed by atoms with Gasteiger partial charge in [0, 0.05) is 28.9 Å². The second kappa shape index (κ2) is 5.09. The molecule has 1 aromatic carbocycles. The molecule has 0 aromatic heterocycles. The zero-order chi connectivity index (χ0) is 12.4. The van der Waals surface area contributed by atoms with E-state index < -0.39 is 0 Å². The molecule has 2 unspecified atom stereocenters. The summed E-state index contributed by atoms with van der Waals surface area (Å²) in [6.45, 7) is 5.47. The molecule has 2 nitrogen and oxygen atoms in total. The van der Waals surface area contributed by atoms with Crippen molar-refractivity contribution in [2.24, 2.45) is 5.92 Å². The van der Waals surface area contributed by atoms with Crippen LogP contribution in [0.4, 0.5) is 5.69 Å². The Bertz CT molecular complexity index is 419. The standard InChI is InChI=1S/C14H18ClNO/c1-10-3-4-11(2)16(8-10)14-7-13(15)6-5-12(14)9-17/h5-7,9-11H,3-4,8H2,1-2H3. The van der Waals surface area contributed by atoms with Crippen LogP contribution >= 0.6 is 11.6 Å². The molecule has 0 saturated carbocycles. The van der Waals surface area contributed by atoms with Gasteiger partial charge in [0.25, 0.3) is 0 Å². The number of piperidine rings is 1. The van der Waals surface area contributed by atoms with Crippen LogP contribution in [0, 0.1) is 5.92 Å². The number of benzene rings is 1. The summed E-state index contributed by atoms with van der Waals surface area (Å²) in [7, 11) is 0. The van der Waals surface area contributed by atoms with E-state index in [-0.39, 0.29) is 0 Å². The monoisotopic (exact) mass is 251 g/mol. The molecule has 2 atom stereocenters. The van der Waals surface area contributed by atoms with Crippen molar-refractivity contribution in [1.29, 1.82) is 0 Å². The van der Waals surface area contributed by atoms with Gasteiger partial charge in [0.2, 0.25) is 0 Å². The minimum absolute atomic E-state index is 0.475. The van der Waals surface area contributed by atoms with Crippen molar-refractivity contribution in [2.75, 3.05) is 11.4 Å². The molecule has 0 N–H and O–H groups in total. The van der Waals surface area contributed by atoms with Crippen LogP contribution in [-0.4, -0.2) is 18.9 Å². The van der Waals surface area contributed by atoms with E-state index in [2.05, 4.69) is 18.7 Å². The fraction of sp³-hybridized carbons (Fsp3) is 0.500. The maximum Gasteiger partial charge on any atom is 0.152 e. The Labute approximate surface area is 108 Å². The van der Waals surface area contributed by atoms with Crippen LogP contribution in [-0.2, 0) is 0 Å². The third-order valence-corrected chi connectivity index (χ3v) is 3.78. The molecule has 1 heterocycles. The van der Waals surface area contributed by atoms with Gasteiger partial charge in [-0.05, 0) is 43.9 Å². The smallest absolute Gasteiger partial charge is 0.152 e. The lowest BCUT2D eigenvalue weighted by molar-refractivity contribution is 0.112. The molecule has 92 valence electrons. The van der Waals surface area contributed by atoms with Crippen LogP contribution in [0.1, 0.15) is 37.0 Å². The predicted molar refractivity (Wildman–Crippen MR) is 72.0 cm³/mol. The van der Waals surface area contributed by atoms with E-state index in [1.807, 2.05) is 6.07 Å². The topological polar surface area (TPSA) is 20.3 Å². The van der Waals surface area contributed by atoms with Gasteiger partial charge in [-0.15, -0.1) is 0 Å². The fourth-order valence-corrected chi connectivity index (χ4v) is 2.66. The van der Waals surface area contributed by atoms with Crippen molar-refractivity contribution >= 4 is 23.6 Å². The summed E-state index contributed by atoms with van der Waals surface area (Å²) in [5, 5.41) is 0.691. The zero-order valence-corrected chi connectivity index (χ0v) is 11.1. The Balaban J connectivity index is 2.37. The molecule has 0 amide bonds. The quantitative estimate of drug-likeness (QED) is 0.746. The Hall–Kier alpha value is -1.02. The number of hydrogen-bond donors (Lipinski definition) is 0. The molecule has 0 bridgehead atoms. The molecular weight excluding hydrogens is 234 g/mol. The van der Waals surface area contributed by atoms with Crippen LogP contribution in [0.25, 0.3) is 0 Å². The van der Waals surface area contributed by atoms with E-state index in [0.29, 0.717) is 17.0 Å². The average Bonchev–Trinajstić information content (AvgIpc) is 2.32. The first-order valence-corrected chi connectivity index (χ1v) is 6.51. The van der Waals surface area contributed by atoms with Gasteiger partial charge in [-0.2, -0.15) is 0 Å².